The second kappa shape index (κ2) is 11.2. The number of unbranched alkanes of at least 4 members (excludes halogenated alkanes) is 1. The lowest BCUT2D eigenvalue weighted by atomic mass is 10.2. The molecule has 1 heterocycles. The predicted octanol–water partition coefficient (Wildman–Crippen LogP) is 1.68. The first-order valence-electron chi connectivity index (χ1n) is 9.23. The van der Waals surface area contributed by atoms with Crippen molar-refractivity contribution in [2.45, 2.75) is 37.9 Å². The highest BCUT2D eigenvalue weighted by molar-refractivity contribution is 7.99. The third-order valence-electron chi connectivity index (χ3n) is 4.00. The van der Waals surface area contributed by atoms with Crippen LogP contribution in [0.1, 0.15) is 26.2 Å². The number of ether oxygens (including phenoxy) is 1. The molecule has 9 nitrogen and oxygen atoms in total. The number of aromatic nitrogens is 2. The summed E-state index contributed by atoms with van der Waals surface area (Å²) < 4.78 is 5.98. The molecule has 0 atom stereocenters. The zero-order valence-corrected chi connectivity index (χ0v) is 17.2. The van der Waals surface area contributed by atoms with Crippen LogP contribution in [0.3, 0.4) is 0 Å². The van der Waals surface area contributed by atoms with Crippen LogP contribution in [-0.4, -0.2) is 46.9 Å². The number of carbonyl (C=O) groups excluding carboxylic acids is 3. The summed E-state index contributed by atoms with van der Waals surface area (Å²) in [5, 5.41) is 5.54. The summed E-state index contributed by atoms with van der Waals surface area (Å²) in [7, 11) is 1.27. The molecule has 0 radical (unpaired) electrons. The van der Waals surface area contributed by atoms with Crippen LogP contribution in [0.2, 0.25) is 0 Å². The van der Waals surface area contributed by atoms with Crippen molar-refractivity contribution in [3.8, 4) is 0 Å². The number of hydrogen-bond donors (Lipinski definition) is 2. The van der Waals surface area contributed by atoms with Crippen LogP contribution in [0.15, 0.2) is 34.2 Å². The van der Waals surface area contributed by atoms with Crippen LogP contribution >= 0.6 is 11.8 Å². The Morgan fingerprint density at radius 3 is 2.72 bits per heavy atom. The lowest BCUT2D eigenvalue weighted by Gasteiger charge is -2.12. The van der Waals surface area contributed by atoms with E-state index in [1.165, 1.54) is 11.7 Å². The molecule has 0 saturated heterocycles. The average Bonchev–Trinajstić information content (AvgIpc) is 2.71. The minimum Gasteiger partial charge on any atom is -0.469 e. The molecule has 0 saturated carbocycles. The highest BCUT2D eigenvalue weighted by Gasteiger charge is 2.15. The van der Waals surface area contributed by atoms with Gasteiger partial charge < -0.3 is 10.1 Å². The summed E-state index contributed by atoms with van der Waals surface area (Å²) in [6.07, 6.45) is 1.75. The van der Waals surface area contributed by atoms with E-state index in [-0.39, 0.29) is 24.3 Å². The quantitative estimate of drug-likeness (QED) is 0.274. The van der Waals surface area contributed by atoms with Crippen molar-refractivity contribution in [3.05, 3.63) is 34.6 Å². The van der Waals surface area contributed by atoms with E-state index in [0.717, 1.165) is 24.6 Å². The Morgan fingerprint density at radius 2 is 2.00 bits per heavy atom. The number of thioether (sulfide) groups is 1. The number of urea groups is 1. The van der Waals surface area contributed by atoms with Gasteiger partial charge in [0.15, 0.2) is 5.16 Å². The lowest BCUT2D eigenvalue weighted by molar-refractivity contribution is -0.140. The molecule has 0 fully saturated rings. The Kier molecular flexibility index (Phi) is 8.66. The van der Waals surface area contributed by atoms with Gasteiger partial charge >= 0.3 is 12.0 Å². The van der Waals surface area contributed by atoms with Crippen LogP contribution in [0.25, 0.3) is 10.9 Å². The number of amides is 3. The van der Waals surface area contributed by atoms with E-state index < -0.39 is 17.9 Å². The van der Waals surface area contributed by atoms with Crippen LogP contribution in [0.5, 0.6) is 0 Å². The molecule has 2 aromatic rings. The van der Waals surface area contributed by atoms with Crippen molar-refractivity contribution in [1.29, 1.82) is 0 Å². The van der Waals surface area contributed by atoms with E-state index >= 15 is 0 Å². The molecule has 0 spiro atoms. The third-order valence-corrected chi connectivity index (χ3v) is 4.97. The maximum absolute atomic E-state index is 12.8. The highest BCUT2D eigenvalue weighted by Crippen LogP contribution is 2.18. The summed E-state index contributed by atoms with van der Waals surface area (Å²) in [4.78, 5) is 52.5. The summed E-state index contributed by atoms with van der Waals surface area (Å²) >= 11 is 1.02. The summed E-state index contributed by atoms with van der Waals surface area (Å²) in [5.74, 6) is -1.07. The molecule has 156 valence electrons. The monoisotopic (exact) mass is 420 g/mol. The van der Waals surface area contributed by atoms with E-state index in [9.17, 15) is 19.2 Å². The molecule has 29 heavy (non-hydrogen) atoms. The topological polar surface area (TPSA) is 119 Å². The molecule has 2 N–H and O–H groups in total. The molecular weight excluding hydrogens is 396 g/mol. The van der Waals surface area contributed by atoms with E-state index in [1.54, 1.807) is 24.3 Å². The van der Waals surface area contributed by atoms with Crippen molar-refractivity contribution in [1.82, 2.24) is 20.2 Å². The molecule has 10 heteroatoms. The second-order valence-electron chi connectivity index (χ2n) is 6.14. The maximum atomic E-state index is 12.8. The number of nitrogens with zero attached hydrogens (tertiary/aromatic N) is 2. The van der Waals surface area contributed by atoms with Gasteiger partial charge in [-0.2, -0.15) is 0 Å². The zero-order chi connectivity index (χ0) is 21.2. The number of nitrogens with one attached hydrogen (secondary N) is 2. The van der Waals surface area contributed by atoms with Crippen LogP contribution in [0, 0.1) is 0 Å². The zero-order valence-electron chi connectivity index (χ0n) is 16.4. The van der Waals surface area contributed by atoms with Gasteiger partial charge in [0, 0.05) is 13.1 Å². The minimum atomic E-state index is -0.557. The molecular formula is C19H24N4O5S. The first-order chi connectivity index (χ1) is 14.0. The number of para-hydroxylation sites is 1. The van der Waals surface area contributed by atoms with E-state index in [2.05, 4.69) is 20.4 Å². The maximum Gasteiger partial charge on any atom is 0.321 e. The molecule has 0 aliphatic rings. The van der Waals surface area contributed by atoms with E-state index in [1.807, 2.05) is 6.92 Å². The van der Waals surface area contributed by atoms with Crippen molar-refractivity contribution in [3.63, 3.8) is 0 Å². The molecule has 0 aliphatic heterocycles. The fraction of sp³-hybridized carbons (Fsp3) is 0.421. The number of fused-ring (bicyclic) bond motifs is 1. The van der Waals surface area contributed by atoms with Gasteiger partial charge in [-0.3, -0.25) is 24.3 Å². The van der Waals surface area contributed by atoms with Gasteiger partial charge in [-0.05, 0) is 18.6 Å². The van der Waals surface area contributed by atoms with E-state index in [0.29, 0.717) is 22.6 Å². The molecule has 0 aliphatic carbocycles. The first kappa shape index (κ1) is 22.4. The number of hydrogen-bond acceptors (Lipinski definition) is 7. The highest BCUT2D eigenvalue weighted by atomic mass is 32.2. The smallest absolute Gasteiger partial charge is 0.321 e. The fourth-order valence-electron chi connectivity index (χ4n) is 2.48. The van der Waals surface area contributed by atoms with Gasteiger partial charge in [0.1, 0.15) is 0 Å². The van der Waals surface area contributed by atoms with Gasteiger partial charge in [0.05, 0.1) is 30.2 Å². The number of benzene rings is 1. The first-order valence-corrected chi connectivity index (χ1v) is 10.2. The van der Waals surface area contributed by atoms with Crippen LogP contribution < -0.4 is 16.2 Å². The molecule has 1 aromatic carbocycles. The Labute approximate surface area is 172 Å². The number of esters is 1. The predicted molar refractivity (Wildman–Crippen MR) is 110 cm³/mol. The third kappa shape index (κ3) is 6.60. The van der Waals surface area contributed by atoms with Gasteiger partial charge in [0.2, 0.25) is 5.91 Å². The van der Waals surface area contributed by atoms with Crippen molar-refractivity contribution < 1.29 is 19.1 Å². The second-order valence-corrected chi connectivity index (χ2v) is 7.08. The minimum absolute atomic E-state index is 0.00395. The normalized spacial score (nSPS) is 10.6. The molecule has 2 rings (SSSR count). The van der Waals surface area contributed by atoms with Gasteiger partial charge in [-0.15, -0.1) is 0 Å². The Bertz CT molecular complexity index is 944. The number of carbonyl (C=O) groups is 3. The van der Waals surface area contributed by atoms with Gasteiger partial charge in [-0.25, -0.2) is 9.78 Å². The number of rotatable bonds is 9. The average molecular weight is 420 g/mol. The van der Waals surface area contributed by atoms with Crippen molar-refractivity contribution in [2.24, 2.45) is 0 Å². The SMILES string of the molecule is CCCCNC(=O)NC(=O)CSc1nc2ccccc2c(=O)n1CCC(=O)OC. The standard InChI is InChI=1S/C19H24N4O5S/c1-3-4-10-20-18(27)22-15(24)12-29-19-21-14-8-6-5-7-13(14)17(26)23(19)11-9-16(25)28-2/h5-8H,3-4,9-12H2,1-2H3,(H2,20,22,24,27). The van der Waals surface area contributed by atoms with Gasteiger partial charge in [-0.1, -0.05) is 37.2 Å². The lowest BCUT2D eigenvalue weighted by Crippen LogP contribution is -2.40. The van der Waals surface area contributed by atoms with Crippen molar-refractivity contribution >= 4 is 40.6 Å². The Hall–Kier alpha value is -2.88. The summed E-state index contributed by atoms with van der Waals surface area (Å²) in [6, 6.07) is 6.29. The van der Waals surface area contributed by atoms with Crippen LogP contribution in [0.4, 0.5) is 4.79 Å². The van der Waals surface area contributed by atoms with Crippen LogP contribution in [-0.2, 0) is 20.9 Å². The fourth-order valence-corrected chi connectivity index (χ4v) is 3.30. The molecule has 0 unspecified atom stereocenters. The molecule has 1 aromatic heterocycles. The van der Waals surface area contributed by atoms with E-state index in [4.69, 9.17) is 0 Å². The summed E-state index contributed by atoms with van der Waals surface area (Å²) in [5.41, 5.74) is 0.187. The summed E-state index contributed by atoms with van der Waals surface area (Å²) in [6.45, 7) is 2.56. The Balaban J connectivity index is 2.13. The number of methoxy groups -OCH3 is 1. The number of imide groups is 1. The molecule has 0 bridgehead atoms. The molecule has 3 amide bonds. The van der Waals surface area contributed by atoms with Gasteiger partial charge in [0.25, 0.3) is 5.56 Å². The Morgan fingerprint density at radius 1 is 1.24 bits per heavy atom. The van der Waals surface area contributed by atoms with Crippen molar-refractivity contribution in [2.75, 3.05) is 19.4 Å². The largest absolute Gasteiger partial charge is 0.469 e.